The van der Waals surface area contributed by atoms with Gasteiger partial charge in [0.2, 0.25) is 11.8 Å². The van der Waals surface area contributed by atoms with Crippen LogP contribution in [0.4, 0.5) is 15.9 Å². The highest BCUT2D eigenvalue weighted by atomic mass is 35.5. The Hall–Kier alpha value is -5.66. The third-order valence-electron chi connectivity index (χ3n) is 13.0. The molecule has 15 nitrogen and oxygen atoms in total. The van der Waals surface area contributed by atoms with E-state index in [9.17, 15) is 29.2 Å². The van der Waals surface area contributed by atoms with Gasteiger partial charge in [-0.1, -0.05) is 39.3 Å². The zero-order chi connectivity index (χ0) is 42.7. The Balaban J connectivity index is 0.800. The minimum Gasteiger partial charge on any atom is -0.489 e. The zero-order valence-corrected chi connectivity index (χ0v) is 34.7. The second-order valence-electron chi connectivity index (χ2n) is 17.6. The van der Waals surface area contributed by atoms with Crippen molar-refractivity contribution in [2.24, 2.45) is 16.7 Å². The predicted octanol–water partition coefficient (Wildman–Crippen LogP) is 4.19. The van der Waals surface area contributed by atoms with Crippen molar-refractivity contribution in [1.29, 1.82) is 5.26 Å². The van der Waals surface area contributed by atoms with Crippen LogP contribution in [0.5, 0.6) is 5.75 Å². The van der Waals surface area contributed by atoms with Crippen molar-refractivity contribution in [3.63, 3.8) is 0 Å². The van der Waals surface area contributed by atoms with E-state index in [-0.39, 0.29) is 53.4 Å². The minimum atomic E-state index is -1.11. The van der Waals surface area contributed by atoms with Crippen molar-refractivity contribution in [3.8, 4) is 11.8 Å². The smallest absolute Gasteiger partial charge is 0.271 e. The summed E-state index contributed by atoms with van der Waals surface area (Å²) in [7, 11) is 0. The highest BCUT2D eigenvalue weighted by molar-refractivity contribution is 6.31. The Morgan fingerprint density at radius 2 is 1.62 bits per heavy atom. The molecule has 1 atom stereocenters. The maximum absolute atomic E-state index is 15.5. The summed E-state index contributed by atoms with van der Waals surface area (Å²) >= 11 is 6.23. The number of imide groups is 2. The standard InChI is InChI=1S/C43H47ClFN9O6/c1-42(2)40(43(3,4)41(42)60-26-6-5-25(20-46)29(44)17-26)50-36(56)31-21-48-34(22-47-31)53-15-13-51(14-16-53)23-24-9-11-52(12-10-24)33-19-28-27(18-30(33)45)38(58)54(39(28)59)32-7-8-35(55)49-37(32)57/h5-6,17-19,21-22,24,32,40-41H,7-16,23H2,1-4H3,(H,50,56)(H,49,55,57)/t32?,40-,41-. The van der Waals surface area contributed by atoms with E-state index >= 15 is 4.39 Å². The van der Waals surface area contributed by atoms with Gasteiger partial charge in [0.1, 0.15) is 41.3 Å². The molecule has 5 aliphatic rings. The van der Waals surface area contributed by atoms with Crippen LogP contribution in [0.25, 0.3) is 0 Å². The number of nitrogens with one attached hydrogen (secondary N) is 2. The van der Waals surface area contributed by atoms with E-state index in [2.05, 4.69) is 36.5 Å². The lowest BCUT2D eigenvalue weighted by atomic mass is 9.49. The first-order valence-corrected chi connectivity index (χ1v) is 20.7. The number of hydrogen-bond acceptors (Lipinski definition) is 12. The summed E-state index contributed by atoms with van der Waals surface area (Å²) < 4.78 is 21.8. The monoisotopic (exact) mass is 839 g/mol. The molecule has 314 valence electrons. The summed E-state index contributed by atoms with van der Waals surface area (Å²) in [6.07, 6.45) is 4.63. The van der Waals surface area contributed by atoms with E-state index in [0.29, 0.717) is 41.2 Å². The predicted molar refractivity (Wildman–Crippen MR) is 218 cm³/mol. The maximum atomic E-state index is 15.5. The molecule has 4 fully saturated rings. The first-order chi connectivity index (χ1) is 28.6. The van der Waals surface area contributed by atoms with E-state index in [1.165, 1.54) is 12.3 Å². The van der Waals surface area contributed by atoms with Gasteiger partial charge in [-0.2, -0.15) is 5.26 Å². The van der Waals surface area contributed by atoms with E-state index in [0.717, 1.165) is 56.5 Å². The number of nitrogens with zero attached hydrogens (tertiary/aromatic N) is 7. The Morgan fingerprint density at radius 3 is 2.23 bits per heavy atom. The molecule has 3 saturated heterocycles. The molecular weight excluding hydrogens is 793 g/mol. The molecule has 5 amide bonds. The summed E-state index contributed by atoms with van der Waals surface area (Å²) in [5.41, 5.74) is 0.0311. The molecule has 2 aromatic carbocycles. The van der Waals surface area contributed by atoms with Crippen LogP contribution in [-0.4, -0.2) is 113 Å². The normalized spacial score (nSPS) is 24.1. The fourth-order valence-electron chi connectivity index (χ4n) is 10.0. The molecule has 0 bridgehead atoms. The van der Waals surface area contributed by atoms with Crippen LogP contribution < -0.4 is 25.2 Å². The molecule has 5 heterocycles. The number of carbonyl (C=O) groups excluding carboxylic acids is 5. The van der Waals surface area contributed by atoms with E-state index in [1.807, 2.05) is 32.6 Å². The van der Waals surface area contributed by atoms with Gasteiger partial charge < -0.3 is 19.9 Å². The molecule has 4 aliphatic heterocycles. The van der Waals surface area contributed by atoms with Crippen LogP contribution in [0, 0.1) is 33.9 Å². The Bertz CT molecular complexity index is 2280. The lowest BCUT2D eigenvalue weighted by molar-refractivity contribution is -0.164. The molecule has 60 heavy (non-hydrogen) atoms. The molecule has 8 rings (SSSR count). The maximum Gasteiger partial charge on any atom is 0.271 e. The van der Waals surface area contributed by atoms with Crippen molar-refractivity contribution in [1.82, 2.24) is 30.4 Å². The summed E-state index contributed by atoms with van der Waals surface area (Å²) in [4.78, 5) is 80.3. The van der Waals surface area contributed by atoms with E-state index in [1.54, 1.807) is 24.4 Å². The fourth-order valence-corrected chi connectivity index (χ4v) is 10.2. The number of carbonyl (C=O) groups is 5. The van der Waals surface area contributed by atoms with Crippen molar-refractivity contribution in [3.05, 3.63) is 75.9 Å². The van der Waals surface area contributed by atoms with Crippen molar-refractivity contribution in [2.75, 3.05) is 55.6 Å². The van der Waals surface area contributed by atoms with Crippen LogP contribution in [0.15, 0.2) is 42.7 Å². The Labute approximate surface area is 352 Å². The highest BCUT2D eigenvalue weighted by Crippen LogP contribution is 2.55. The Morgan fingerprint density at radius 1 is 0.933 bits per heavy atom. The van der Waals surface area contributed by atoms with Crippen LogP contribution >= 0.6 is 11.6 Å². The van der Waals surface area contributed by atoms with Crippen molar-refractivity contribution >= 4 is 52.6 Å². The van der Waals surface area contributed by atoms with Crippen LogP contribution in [0.1, 0.15) is 90.1 Å². The second-order valence-corrected chi connectivity index (χ2v) is 18.0. The molecule has 1 aliphatic carbocycles. The first kappa shape index (κ1) is 41.1. The van der Waals surface area contributed by atoms with Crippen molar-refractivity contribution < 1.29 is 33.1 Å². The number of anilines is 2. The van der Waals surface area contributed by atoms with Gasteiger partial charge >= 0.3 is 0 Å². The zero-order valence-electron chi connectivity index (χ0n) is 34.0. The average molecular weight is 840 g/mol. The molecule has 1 saturated carbocycles. The van der Waals surface area contributed by atoms with Gasteiger partial charge in [-0.15, -0.1) is 0 Å². The molecule has 2 N–H and O–H groups in total. The molecule has 1 aromatic heterocycles. The number of rotatable bonds is 9. The van der Waals surface area contributed by atoms with Gasteiger partial charge in [-0.05, 0) is 49.4 Å². The highest BCUT2D eigenvalue weighted by Gasteiger charge is 2.64. The first-order valence-electron chi connectivity index (χ1n) is 20.3. The summed E-state index contributed by atoms with van der Waals surface area (Å²) in [5, 5.41) is 14.9. The van der Waals surface area contributed by atoms with Gasteiger partial charge in [-0.25, -0.2) is 14.4 Å². The molecule has 3 aromatic rings. The quantitative estimate of drug-likeness (QED) is 0.294. The number of fused-ring (bicyclic) bond motifs is 1. The van der Waals surface area contributed by atoms with Gasteiger partial charge in [0.15, 0.2) is 0 Å². The van der Waals surface area contributed by atoms with Crippen LogP contribution in [0.2, 0.25) is 5.02 Å². The lowest BCUT2D eigenvalue weighted by Gasteiger charge is -2.63. The number of ether oxygens (including phenoxy) is 1. The number of aromatic nitrogens is 2. The van der Waals surface area contributed by atoms with Gasteiger partial charge in [-0.3, -0.25) is 39.1 Å². The van der Waals surface area contributed by atoms with Gasteiger partial charge in [0, 0.05) is 75.2 Å². The topological polar surface area (TPSA) is 181 Å². The third-order valence-corrected chi connectivity index (χ3v) is 13.3. The van der Waals surface area contributed by atoms with Crippen LogP contribution in [-0.2, 0) is 9.59 Å². The van der Waals surface area contributed by atoms with E-state index < -0.39 is 46.3 Å². The summed E-state index contributed by atoms with van der Waals surface area (Å²) in [5.74, 6) is -1.78. The van der Waals surface area contributed by atoms with Gasteiger partial charge in [0.25, 0.3) is 17.7 Å². The number of piperazine rings is 1. The number of amides is 5. The van der Waals surface area contributed by atoms with Gasteiger partial charge in [0.05, 0.1) is 39.8 Å². The second kappa shape index (κ2) is 15.7. The number of benzene rings is 2. The minimum absolute atomic E-state index is 0.0111. The molecule has 0 spiro atoms. The van der Waals surface area contributed by atoms with Crippen LogP contribution in [0.3, 0.4) is 0 Å². The Kier molecular flexibility index (Phi) is 10.8. The fraction of sp³-hybridized carbons (Fsp3) is 0.488. The molecule has 17 heteroatoms. The largest absolute Gasteiger partial charge is 0.489 e. The number of hydrogen-bond donors (Lipinski definition) is 2. The molecular formula is C43H47ClFN9O6. The molecule has 1 unspecified atom stereocenters. The number of halogens is 2. The average Bonchev–Trinajstić information content (AvgIpc) is 3.46. The lowest BCUT2D eigenvalue weighted by Crippen LogP contribution is -2.74. The number of piperidine rings is 2. The number of nitriles is 1. The summed E-state index contributed by atoms with van der Waals surface area (Å²) in [6.45, 7) is 13.4. The SMILES string of the molecule is CC1(C)[C@H](NC(=O)c2cnc(N3CCN(CC4CCN(c5cc6c(cc5F)C(=O)N(C5CCC(=O)NC5=O)C6=O)CC4)CC3)cn2)C(C)(C)[C@H]1Oc1ccc(C#N)c(Cl)c1. The third kappa shape index (κ3) is 7.42. The van der Waals surface area contributed by atoms with Crippen molar-refractivity contribution in [2.45, 2.75) is 71.6 Å². The summed E-state index contributed by atoms with van der Waals surface area (Å²) in [6, 6.07) is 8.26. The molecule has 0 radical (unpaired) electrons. The van der Waals surface area contributed by atoms with E-state index in [4.69, 9.17) is 16.3 Å².